The first-order valence-corrected chi connectivity index (χ1v) is 6.14. The van der Waals surface area contributed by atoms with Crippen LogP contribution in [0.15, 0.2) is 12.1 Å². The van der Waals surface area contributed by atoms with E-state index in [4.69, 9.17) is 0 Å². The Hall–Kier alpha value is -2.09. The molecule has 0 spiro atoms. The van der Waals surface area contributed by atoms with Crippen molar-refractivity contribution < 1.29 is 18.5 Å². The summed E-state index contributed by atoms with van der Waals surface area (Å²) in [4.78, 5) is 21.5. The van der Waals surface area contributed by atoms with Crippen LogP contribution in [0.3, 0.4) is 0 Å². The highest BCUT2D eigenvalue weighted by atomic mass is 19.1. The maximum Gasteiger partial charge on any atom is 0.305 e. The van der Waals surface area contributed by atoms with Gasteiger partial charge in [-0.15, -0.1) is 0 Å². The molecular formula is C12H13F2N3O3. The van der Waals surface area contributed by atoms with Gasteiger partial charge >= 0.3 is 5.69 Å². The predicted octanol–water partition coefficient (Wildman–Crippen LogP) is 1.35. The molecule has 0 unspecified atom stereocenters. The monoisotopic (exact) mass is 285 g/mol. The van der Waals surface area contributed by atoms with Gasteiger partial charge in [-0.25, -0.2) is 4.39 Å². The molecule has 2 N–H and O–H groups in total. The van der Waals surface area contributed by atoms with Gasteiger partial charge in [-0.2, -0.15) is 4.39 Å². The molecule has 0 saturated carbocycles. The lowest BCUT2D eigenvalue weighted by molar-refractivity contribution is -0.387. The second-order valence-corrected chi connectivity index (χ2v) is 4.51. The largest absolute Gasteiger partial charge is 0.349 e. The lowest BCUT2D eigenvalue weighted by Gasteiger charge is -2.23. The minimum atomic E-state index is -1.44. The van der Waals surface area contributed by atoms with E-state index in [-0.39, 0.29) is 6.04 Å². The van der Waals surface area contributed by atoms with Crippen LogP contribution in [0.1, 0.15) is 23.2 Å². The van der Waals surface area contributed by atoms with Crippen molar-refractivity contribution in [1.82, 2.24) is 10.6 Å². The fourth-order valence-electron chi connectivity index (χ4n) is 2.11. The van der Waals surface area contributed by atoms with Crippen molar-refractivity contribution in [2.24, 2.45) is 0 Å². The third kappa shape index (κ3) is 2.90. The van der Waals surface area contributed by atoms with Crippen LogP contribution in [0, 0.1) is 21.7 Å². The molecule has 0 aliphatic carbocycles. The molecule has 0 aromatic heterocycles. The van der Waals surface area contributed by atoms with E-state index in [0.717, 1.165) is 6.07 Å². The van der Waals surface area contributed by atoms with Gasteiger partial charge < -0.3 is 10.6 Å². The minimum absolute atomic E-state index is 0.193. The quantitative estimate of drug-likeness (QED) is 0.648. The van der Waals surface area contributed by atoms with Crippen molar-refractivity contribution in [2.45, 2.75) is 18.9 Å². The molecule has 1 amide bonds. The number of benzene rings is 1. The normalized spacial score (nSPS) is 15.9. The number of nitro groups is 1. The number of nitrogens with one attached hydrogen (secondary N) is 2. The second-order valence-electron chi connectivity index (χ2n) is 4.51. The molecule has 1 heterocycles. The number of rotatable bonds is 3. The van der Waals surface area contributed by atoms with Crippen molar-refractivity contribution >= 4 is 11.6 Å². The summed E-state index contributed by atoms with van der Waals surface area (Å²) in [5.41, 5.74) is -1.82. The van der Waals surface area contributed by atoms with E-state index in [0.29, 0.717) is 32.0 Å². The highest BCUT2D eigenvalue weighted by molar-refractivity contribution is 5.95. The molecule has 1 aliphatic heterocycles. The second kappa shape index (κ2) is 5.91. The maximum absolute atomic E-state index is 13.8. The number of hydrogen-bond acceptors (Lipinski definition) is 4. The van der Waals surface area contributed by atoms with Crippen LogP contribution in [0.25, 0.3) is 0 Å². The molecule has 0 radical (unpaired) electrons. The van der Waals surface area contributed by atoms with E-state index in [1.165, 1.54) is 0 Å². The van der Waals surface area contributed by atoms with E-state index in [1.54, 1.807) is 0 Å². The van der Waals surface area contributed by atoms with Gasteiger partial charge in [-0.1, -0.05) is 0 Å². The lowest BCUT2D eigenvalue weighted by Crippen LogP contribution is -2.43. The maximum atomic E-state index is 13.8. The molecule has 8 heteroatoms. The SMILES string of the molecule is O=C(NC1CCNCC1)c1c(F)ccc([N+](=O)[O-])c1F. The van der Waals surface area contributed by atoms with Gasteiger partial charge in [-0.05, 0) is 32.0 Å². The van der Waals surface area contributed by atoms with Crippen LogP contribution in [0.4, 0.5) is 14.5 Å². The number of piperidine rings is 1. The van der Waals surface area contributed by atoms with Gasteiger partial charge in [0.1, 0.15) is 11.4 Å². The van der Waals surface area contributed by atoms with Crippen molar-refractivity contribution in [3.8, 4) is 0 Å². The lowest BCUT2D eigenvalue weighted by atomic mass is 10.1. The molecule has 20 heavy (non-hydrogen) atoms. The van der Waals surface area contributed by atoms with E-state index in [2.05, 4.69) is 10.6 Å². The Morgan fingerprint density at radius 1 is 1.35 bits per heavy atom. The highest BCUT2D eigenvalue weighted by Crippen LogP contribution is 2.23. The first kappa shape index (κ1) is 14.3. The van der Waals surface area contributed by atoms with Crippen LogP contribution >= 0.6 is 0 Å². The smallest absolute Gasteiger partial charge is 0.305 e. The Morgan fingerprint density at radius 2 is 2.00 bits per heavy atom. The molecule has 1 saturated heterocycles. The van der Waals surface area contributed by atoms with Crippen LogP contribution in [-0.2, 0) is 0 Å². The molecule has 1 aromatic rings. The van der Waals surface area contributed by atoms with Crippen LogP contribution in [0.5, 0.6) is 0 Å². The Morgan fingerprint density at radius 3 is 2.60 bits per heavy atom. The summed E-state index contributed by atoms with van der Waals surface area (Å²) in [6.45, 7) is 1.40. The number of halogens is 2. The molecule has 2 rings (SSSR count). The first-order chi connectivity index (χ1) is 9.50. The van der Waals surface area contributed by atoms with E-state index in [1.807, 2.05) is 0 Å². The fourth-order valence-corrected chi connectivity index (χ4v) is 2.11. The zero-order chi connectivity index (χ0) is 14.7. The molecule has 1 aliphatic rings. The Balaban J connectivity index is 2.24. The zero-order valence-electron chi connectivity index (χ0n) is 10.5. The number of carbonyl (C=O) groups is 1. The summed E-state index contributed by atoms with van der Waals surface area (Å²) in [7, 11) is 0. The summed E-state index contributed by atoms with van der Waals surface area (Å²) in [6.07, 6.45) is 1.29. The van der Waals surface area contributed by atoms with Gasteiger partial charge in [0.2, 0.25) is 5.82 Å². The molecule has 0 atom stereocenters. The van der Waals surface area contributed by atoms with Gasteiger partial charge in [0.25, 0.3) is 5.91 Å². The fraction of sp³-hybridized carbons (Fsp3) is 0.417. The van der Waals surface area contributed by atoms with Crippen LogP contribution in [-0.4, -0.2) is 30.0 Å². The summed E-state index contributed by atoms with van der Waals surface area (Å²) in [6, 6.07) is 1.23. The van der Waals surface area contributed by atoms with Crippen molar-refractivity contribution in [1.29, 1.82) is 0 Å². The predicted molar refractivity (Wildman–Crippen MR) is 66.4 cm³/mol. The summed E-state index contributed by atoms with van der Waals surface area (Å²) < 4.78 is 27.4. The highest BCUT2D eigenvalue weighted by Gasteiger charge is 2.27. The Labute approximate surface area is 113 Å². The van der Waals surface area contributed by atoms with Gasteiger partial charge in [0, 0.05) is 12.1 Å². The molecule has 108 valence electrons. The number of amides is 1. The summed E-state index contributed by atoms with van der Waals surface area (Å²) >= 11 is 0. The number of nitrogens with zero attached hydrogens (tertiary/aromatic N) is 1. The number of carbonyl (C=O) groups excluding carboxylic acids is 1. The molecule has 1 fully saturated rings. The minimum Gasteiger partial charge on any atom is -0.349 e. The van der Waals surface area contributed by atoms with E-state index >= 15 is 0 Å². The Kier molecular flexibility index (Phi) is 4.23. The van der Waals surface area contributed by atoms with E-state index < -0.39 is 33.7 Å². The molecule has 0 bridgehead atoms. The third-order valence-electron chi connectivity index (χ3n) is 3.17. The summed E-state index contributed by atoms with van der Waals surface area (Å²) in [5.74, 6) is -3.52. The van der Waals surface area contributed by atoms with Crippen LogP contribution < -0.4 is 10.6 Å². The first-order valence-electron chi connectivity index (χ1n) is 6.14. The molecular weight excluding hydrogens is 272 g/mol. The van der Waals surface area contributed by atoms with Crippen molar-refractivity contribution in [3.05, 3.63) is 39.4 Å². The average Bonchev–Trinajstić information content (AvgIpc) is 2.39. The van der Waals surface area contributed by atoms with E-state index in [9.17, 15) is 23.7 Å². The van der Waals surface area contributed by atoms with Crippen molar-refractivity contribution in [3.63, 3.8) is 0 Å². The average molecular weight is 285 g/mol. The number of hydrogen-bond donors (Lipinski definition) is 2. The van der Waals surface area contributed by atoms with Gasteiger partial charge in [0.15, 0.2) is 0 Å². The molecule has 1 aromatic carbocycles. The van der Waals surface area contributed by atoms with Crippen LogP contribution in [0.2, 0.25) is 0 Å². The van der Waals surface area contributed by atoms with Gasteiger partial charge in [0.05, 0.1) is 4.92 Å². The molecule has 6 nitrogen and oxygen atoms in total. The summed E-state index contributed by atoms with van der Waals surface area (Å²) in [5, 5.41) is 16.2. The third-order valence-corrected chi connectivity index (χ3v) is 3.17. The topological polar surface area (TPSA) is 84.3 Å². The van der Waals surface area contributed by atoms with Crippen molar-refractivity contribution in [2.75, 3.05) is 13.1 Å². The van der Waals surface area contributed by atoms with Gasteiger partial charge in [-0.3, -0.25) is 14.9 Å². The number of nitro benzene ring substituents is 1. The Bertz CT molecular complexity index is 545. The standard InChI is InChI=1S/C12H13F2N3O3/c13-8-1-2-9(17(19)20)11(14)10(8)12(18)16-7-3-5-15-6-4-7/h1-2,7,15H,3-6H2,(H,16,18). The zero-order valence-corrected chi connectivity index (χ0v) is 10.5.